The topological polar surface area (TPSA) is 98.4 Å². The molecule has 1 aliphatic heterocycles. The number of hydrogen-bond acceptors (Lipinski definition) is 7. The molecule has 2 N–H and O–H groups in total. The van der Waals surface area contributed by atoms with E-state index in [1.54, 1.807) is 19.1 Å². The van der Waals surface area contributed by atoms with E-state index in [0.29, 0.717) is 28.4 Å². The van der Waals surface area contributed by atoms with Gasteiger partial charge in [0.15, 0.2) is 16.9 Å². The lowest BCUT2D eigenvalue weighted by molar-refractivity contribution is 0.171. The van der Waals surface area contributed by atoms with E-state index in [1.165, 1.54) is 13.4 Å². The lowest BCUT2D eigenvalue weighted by Crippen LogP contribution is -2.10. The molecular formula is C19H16O7. The van der Waals surface area contributed by atoms with Crippen LogP contribution in [0.1, 0.15) is 16.7 Å². The Morgan fingerprint density at radius 1 is 1.15 bits per heavy atom. The Balaban J connectivity index is 1.85. The van der Waals surface area contributed by atoms with E-state index in [-0.39, 0.29) is 41.1 Å². The minimum Gasteiger partial charge on any atom is -0.507 e. The summed E-state index contributed by atoms with van der Waals surface area (Å²) in [4.78, 5) is 12.9. The van der Waals surface area contributed by atoms with E-state index in [4.69, 9.17) is 18.6 Å². The molecule has 0 bridgehead atoms. The van der Waals surface area contributed by atoms with Crippen molar-refractivity contribution < 1.29 is 28.8 Å². The van der Waals surface area contributed by atoms with Gasteiger partial charge in [0.1, 0.15) is 22.5 Å². The predicted molar refractivity (Wildman–Crippen MR) is 92.5 cm³/mol. The molecule has 26 heavy (non-hydrogen) atoms. The molecule has 0 spiro atoms. The third-order valence-corrected chi connectivity index (χ3v) is 4.48. The normalized spacial score (nSPS) is 12.5. The lowest BCUT2D eigenvalue weighted by Gasteiger charge is -2.11. The quantitative estimate of drug-likeness (QED) is 0.744. The van der Waals surface area contributed by atoms with Crippen LogP contribution in [0.5, 0.6) is 28.7 Å². The summed E-state index contributed by atoms with van der Waals surface area (Å²) in [6.45, 7) is 1.73. The number of phenols is 2. The largest absolute Gasteiger partial charge is 0.507 e. The van der Waals surface area contributed by atoms with Crippen molar-refractivity contribution in [1.29, 1.82) is 0 Å². The number of hydrogen-bond donors (Lipinski definition) is 2. The molecule has 1 aliphatic rings. The van der Waals surface area contributed by atoms with Gasteiger partial charge in [-0.2, -0.15) is 0 Å². The third-order valence-electron chi connectivity index (χ3n) is 4.48. The summed E-state index contributed by atoms with van der Waals surface area (Å²) in [6, 6.07) is 4.68. The van der Waals surface area contributed by atoms with E-state index in [9.17, 15) is 15.0 Å². The Morgan fingerprint density at radius 3 is 2.73 bits per heavy atom. The minimum atomic E-state index is -0.369. The highest BCUT2D eigenvalue weighted by Gasteiger charge is 2.23. The van der Waals surface area contributed by atoms with Gasteiger partial charge in [-0.1, -0.05) is 6.07 Å². The highest BCUT2D eigenvalue weighted by Crippen LogP contribution is 2.43. The second-order valence-electron chi connectivity index (χ2n) is 6.00. The molecule has 7 heteroatoms. The maximum Gasteiger partial charge on any atom is 0.231 e. The average Bonchev–Trinajstić information content (AvgIpc) is 3.09. The zero-order valence-electron chi connectivity index (χ0n) is 14.2. The zero-order chi connectivity index (χ0) is 18.4. The number of benzene rings is 2. The van der Waals surface area contributed by atoms with Gasteiger partial charge in [0.25, 0.3) is 0 Å². The number of fused-ring (bicyclic) bond motifs is 2. The molecule has 0 amide bonds. The van der Waals surface area contributed by atoms with Crippen LogP contribution in [-0.2, 0) is 6.42 Å². The fourth-order valence-electron chi connectivity index (χ4n) is 3.12. The number of phenolic OH excluding ortho intramolecular Hbond substituents is 2. The molecule has 0 fully saturated rings. The summed E-state index contributed by atoms with van der Waals surface area (Å²) < 4.78 is 21.7. The predicted octanol–water partition coefficient (Wildman–Crippen LogP) is 2.84. The first kappa shape index (κ1) is 16.1. The van der Waals surface area contributed by atoms with Crippen LogP contribution in [0.3, 0.4) is 0 Å². The number of methoxy groups -OCH3 is 1. The first-order valence-corrected chi connectivity index (χ1v) is 7.92. The first-order valence-electron chi connectivity index (χ1n) is 7.92. The van der Waals surface area contributed by atoms with Gasteiger partial charge in [-0.15, -0.1) is 0 Å². The van der Waals surface area contributed by atoms with Crippen molar-refractivity contribution in [3.05, 3.63) is 51.4 Å². The van der Waals surface area contributed by atoms with Crippen LogP contribution in [-0.4, -0.2) is 24.1 Å². The van der Waals surface area contributed by atoms with Gasteiger partial charge < -0.3 is 28.8 Å². The Labute approximate surface area is 148 Å². The molecule has 134 valence electrons. The molecule has 2 aromatic carbocycles. The first-order chi connectivity index (χ1) is 12.5. The molecule has 1 aromatic heterocycles. The molecule has 3 aromatic rings. The summed E-state index contributed by atoms with van der Waals surface area (Å²) in [7, 11) is 1.52. The van der Waals surface area contributed by atoms with E-state index < -0.39 is 0 Å². The van der Waals surface area contributed by atoms with Gasteiger partial charge in [0, 0.05) is 29.2 Å². The molecule has 0 atom stereocenters. The van der Waals surface area contributed by atoms with E-state index in [1.807, 2.05) is 0 Å². The monoisotopic (exact) mass is 356 g/mol. The van der Waals surface area contributed by atoms with Crippen molar-refractivity contribution in [2.45, 2.75) is 13.3 Å². The molecule has 0 unspecified atom stereocenters. The van der Waals surface area contributed by atoms with E-state index in [2.05, 4.69) is 0 Å². The summed E-state index contributed by atoms with van der Waals surface area (Å²) in [5, 5.41) is 19.9. The van der Waals surface area contributed by atoms with Gasteiger partial charge in [0.2, 0.25) is 12.5 Å². The Morgan fingerprint density at radius 2 is 1.96 bits per heavy atom. The van der Waals surface area contributed by atoms with Crippen molar-refractivity contribution in [2.75, 3.05) is 13.9 Å². The Hall–Kier alpha value is -3.35. The summed E-state index contributed by atoms with van der Waals surface area (Å²) in [5.74, 6) is 1.11. The van der Waals surface area contributed by atoms with Gasteiger partial charge in [-0.25, -0.2) is 0 Å². The highest BCUT2D eigenvalue weighted by atomic mass is 16.7. The second-order valence-corrected chi connectivity index (χ2v) is 6.00. The van der Waals surface area contributed by atoms with Gasteiger partial charge in [-0.05, 0) is 13.0 Å². The average molecular weight is 356 g/mol. The molecular weight excluding hydrogens is 340 g/mol. The summed E-state index contributed by atoms with van der Waals surface area (Å²) >= 11 is 0. The van der Waals surface area contributed by atoms with Gasteiger partial charge in [0.05, 0.1) is 13.4 Å². The molecule has 7 nitrogen and oxygen atoms in total. The van der Waals surface area contributed by atoms with Crippen molar-refractivity contribution >= 4 is 11.0 Å². The van der Waals surface area contributed by atoms with Crippen LogP contribution in [0.4, 0.5) is 0 Å². The third kappa shape index (κ3) is 2.32. The Bertz CT molecular complexity index is 1080. The standard InChI is InChI=1S/C19H16O7/c1-9-12(20)6-13(21)15-16(22)11(7-24-17(9)15)5-10-3-4-14-19(18(10)23-2)26-8-25-14/h3-4,6-7,20-21H,5,8H2,1-2H3. The fourth-order valence-corrected chi connectivity index (χ4v) is 3.12. The van der Waals surface area contributed by atoms with Crippen LogP contribution >= 0.6 is 0 Å². The van der Waals surface area contributed by atoms with Crippen molar-refractivity contribution in [1.82, 2.24) is 0 Å². The molecule has 0 radical (unpaired) electrons. The molecule has 0 saturated carbocycles. The maximum absolute atomic E-state index is 12.9. The lowest BCUT2D eigenvalue weighted by atomic mass is 10.0. The maximum atomic E-state index is 12.9. The number of aromatic hydroxyl groups is 2. The van der Waals surface area contributed by atoms with Crippen LogP contribution in [0, 0.1) is 6.92 Å². The number of ether oxygens (including phenoxy) is 3. The van der Waals surface area contributed by atoms with Crippen LogP contribution in [0.2, 0.25) is 0 Å². The van der Waals surface area contributed by atoms with Gasteiger partial charge in [-0.3, -0.25) is 4.79 Å². The summed E-state index contributed by atoms with van der Waals surface area (Å²) in [6.07, 6.45) is 1.55. The summed E-state index contributed by atoms with van der Waals surface area (Å²) in [5.41, 5.74) is 1.25. The van der Waals surface area contributed by atoms with Crippen LogP contribution in [0.15, 0.2) is 33.7 Å². The molecule has 0 aliphatic carbocycles. The van der Waals surface area contributed by atoms with E-state index in [0.717, 1.165) is 11.6 Å². The molecule has 0 saturated heterocycles. The highest BCUT2D eigenvalue weighted by molar-refractivity contribution is 5.88. The Kier molecular flexibility index (Phi) is 3.64. The SMILES string of the molecule is COc1c(Cc2coc3c(C)c(O)cc(O)c3c2=O)ccc2c1OCO2. The second kappa shape index (κ2) is 5.87. The zero-order valence-corrected chi connectivity index (χ0v) is 14.2. The van der Waals surface area contributed by atoms with E-state index >= 15 is 0 Å². The number of rotatable bonds is 3. The van der Waals surface area contributed by atoms with Crippen molar-refractivity contribution in [3.63, 3.8) is 0 Å². The van der Waals surface area contributed by atoms with Crippen molar-refractivity contribution in [2.24, 2.45) is 0 Å². The smallest absolute Gasteiger partial charge is 0.231 e. The molecule has 2 heterocycles. The number of aryl methyl sites for hydroxylation is 1. The fraction of sp³-hybridized carbons (Fsp3) is 0.211. The van der Waals surface area contributed by atoms with Crippen LogP contribution in [0.25, 0.3) is 11.0 Å². The van der Waals surface area contributed by atoms with Gasteiger partial charge >= 0.3 is 0 Å². The molecule has 4 rings (SSSR count). The van der Waals surface area contributed by atoms with Crippen LogP contribution < -0.4 is 19.6 Å². The minimum absolute atomic E-state index is 0.0394. The van der Waals surface area contributed by atoms with Crippen molar-refractivity contribution in [3.8, 4) is 28.7 Å².